The van der Waals surface area contributed by atoms with E-state index in [1.165, 1.54) is 5.56 Å². The summed E-state index contributed by atoms with van der Waals surface area (Å²) < 4.78 is 5.35. The van der Waals surface area contributed by atoms with Crippen LogP contribution in [0.2, 0.25) is 0 Å². The number of carbonyl (C=O) groups is 1. The van der Waals surface area contributed by atoms with Crippen molar-refractivity contribution in [3.05, 3.63) is 64.5 Å². The molecular formula is C19H19N3O2S. The molecule has 0 spiro atoms. The average molecular weight is 353 g/mol. The number of benzene rings is 1. The van der Waals surface area contributed by atoms with Crippen LogP contribution in [0.15, 0.2) is 57.7 Å². The monoisotopic (exact) mass is 353 g/mol. The Hall–Kier alpha value is -2.44. The van der Waals surface area contributed by atoms with Crippen LogP contribution in [0, 0.1) is 0 Å². The van der Waals surface area contributed by atoms with E-state index < -0.39 is 0 Å². The zero-order valence-electron chi connectivity index (χ0n) is 13.8. The summed E-state index contributed by atoms with van der Waals surface area (Å²) in [5.41, 5.74) is 2.65. The molecule has 1 amide bonds. The third-order valence-corrected chi connectivity index (χ3v) is 5.17. The maximum atomic E-state index is 12.7. The molecule has 1 fully saturated rings. The number of rotatable bonds is 4. The Labute approximate surface area is 150 Å². The second kappa shape index (κ2) is 7.21. The maximum absolute atomic E-state index is 12.7. The predicted molar refractivity (Wildman–Crippen MR) is 97.4 cm³/mol. The molecule has 3 aromatic rings. The molecule has 0 bridgehead atoms. The van der Waals surface area contributed by atoms with Crippen LogP contribution in [0.3, 0.4) is 0 Å². The van der Waals surface area contributed by atoms with Crippen LogP contribution in [0.1, 0.15) is 16.1 Å². The van der Waals surface area contributed by atoms with Gasteiger partial charge in [-0.3, -0.25) is 9.69 Å². The van der Waals surface area contributed by atoms with Gasteiger partial charge in [0.25, 0.3) is 5.91 Å². The van der Waals surface area contributed by atoms with Crippen molar-refractivity contribution in [1.82, 2.24) is 15.0 Å². The largest absolute Gasteiger partial charge is 0.355 e. The van der Waals surface area contributed by atoms with Crippen molar-refractivity contribution in [2.45, 2.75) is 6.54 Å². The first kappa shape index (κ1) is 16.1. The van der Waals surface area contributed by atoms with Crippen molar-refractivity contribution in [3.63, 3.8) is 0 Å². The van der Waals surface area contributed by atoms with Gasteiger partial charge in [-0.05, 0) is 22.4 Å². The van der Waals surface area contributed by atoms with Gasteiger partial charge in [0, 0.05) is 44.4 Å². The number of aromatic nitrogens is 1. The molecule has 3 heterocycles. The number of carbonyl (C=O) groups excluding carboxylic acids is 1. The summed E-state index contributed by atoms with van der Waals surface area (Å²) in [4.78, 5) is 16.9. The van der Waals surface area contributed by atoms with Crippen LogP contribution < -0.4 is 0 Å². The first-order chi connectivity index (χ1) is 12.3. The van der Waals surface area contributed by atoms with Crippen LogP contribution in [0.4, 0.5) is 0 Å². The Bertz CT molecular complexity index is 821. The summed E-state index contributed by atoms with van der Waals surface area (Å²) in [6.45, 7) is 4.15. The fourth-order valence-corrected chi connectivity index (χ4v) is 3.69. The van der Waals surface area contributed by atoms with Crippen molar-refractivity contribution < 1.29 is 9.32 Å². The summed E-state index contributed by atoms with van der Waals surface area (Å²) in [7, 11) is 0. The minimum atomic E-state index is -0.0545. The molecule has 0 aliphatic carbocycles. The van der Waals surface area contributed by atoms with Crippen LogP contribution in [0.25, 0.3) is 11.3 Å². The third kappa shape index (κ3) is 3.65. The number of piperazine rings is 1. The van der Waals surface area contributed by atoms with Crippen LogP contribution in [0.5, 0.6) is 0 Å². The zero-order chi connectivity index (χ0) is 17.1. The highest BCUT2D eigenvalue weighted by molar-refractivity contribution is 7.07. The van der Waals surface area contributed by atoms with Gasteiger partial charge in [0.1, 0.15) is 0 Å². The van der Waals surface area contributed by atoms with E-state index in [1.54, 1.807) is 17.4 Å². The zero-order valence-corrected chi connectivity index (χ0v) is 14.6. The molecule has 0 atom stereocenters. The second-order valence-corrected chi connectivity index (χ2v) is 6.92. The second-order valence-electron chi connectivity index (χ2n) is 6.14. The van der Waals surface area contributed by atoms with Crippen molar-refractivity contribution in [2.24, 2.45) is 0 Å². The summed E-state index contributed by atoms with van der Waals surface area (Å²) in [5.74, 6) is 0.571. The molecule has 1 aliphatic heterocycles. The summed E-state index contributed by atoms with van der Waals surface area (Å²) in [6, 6.07) is 13.6. The number of thiophene rings is 1. The molecule has 0 saturated carbocycles. The van der Waals surface area contributed by atoms with E-state index in [0.717, 1.165) is 38.3 Å². The predicted octanol–water partition coefficient (Wildman–Crippen LogP) is 3.36. The molecule has 2 aromatic heterocycles. The van der Waals surface area contributed by atoms with Gasteiger partial charge in [-0.25, -0.2) is 0 Å². The standard InChI is InChI=1S/C19H19N3O2S/c23-19(17-12-18(24-20-17)16-4-2-1-3-5-16)22-9-7-21(8-10-22)13-15-6-11-25-14-15/h1-6,11-12,14H,7-10,13H2. The third-order valence-electron chi connectivity index (χ3n) is 4.43. The summed E-state index contributed by atoms with van der Waals surface area (Å²) in [6.07, 6.45) is 0. The van der Waals surface area contributed by atoms with Gasteiger partial charge in [-0.15, -0.1) is 0 Å². The lowest BCUT2D eigenvalue weighted by atomic mass is 10.1. The van der Waals surface area contributed by atoms with Gasteiger partial charge in [0.15, 0.2) is 11.5 Å². The van der Waals surface area contributed by atoms with E-state index in [0.29, 0.717) is 11.5 Å². The SMILES string of the molecule is O=C(c1cc(-c2ccccc2)on1)N1CCN(Cc2ccsc2)CC1. The Balaban J connectivity index is 1.37. The number of nitrogens with zero attached hydrogens (tertiary/aromatic N) is 3. The molecule has 0 radical (unpaired) electrons. The molecule has 1 aromatic carbocycles. The fraction of sp³-hybridized carbons (Fsp3) is 0.263. The van der Waals surface area contributed by atoms with Crippen molar-refractivity contribution in [3.8, 4) is 11.3 Å². The number of amides is 1. The Morgan fingerprint density at radius 2 is 1.92 bits per heavy atom. The van der Waals surface area contributed by atoms with E-state index in [1.807, 2.05) is 35.2 Å². The van der Waals surface area contributed by atoms with E-state index in [-0.39, 0.29) is 5.91 Å². The summed E-state index contributed by atoms with van der Waals surface area (Å²) in [5, 5.41) is 8.25. The lowest BCUT2D eigenvalue weighted by Gasteiger charge is -2.34. The van der Waals surface area contributed by atoms with E-state index in [9.17, 15) is 4.79 Å². The van der Waals surface area contributed by atoms with Crippen molar-refractivity contribution >= 4 is 17.2 Å². The van der Waals surface area contributed by atoms with E-state index >= 15 is 0 Å². The Morgan fingerprint density at radius 1 is 1.12 bits per heavy atom. The van der Waals surface area contributed by atoms with Crippen molar-refractivity contribution in [2.75, 3.05) is 26.2 Å². The van der Waals surface area contributed by atoms with Crippen LogP contribution in [-0.2, 0) is 6.54 Å². The first-order valence-electron chi connectivity index (χ1n) is 8.34. The van der Waals surface area contributed by atoms with E-state index in [4.69, 9.17) is 4.52 Å². The molecular weight excluding hydrogens is 334 g/mol. The van der Waals surface area contributed by atoms with Crippen LogP contribution in [-0.4, -0.2) is 47.0 Å². The normalized spacial score (nSPS) is 15.4. The highest BCUT2D eigenvalue weighted by Gasteiger charge is 2.24. The Morgan fingerprint density at radius 3 is 2.64 bits per heavy atom. The smallest absolute Gasteiger partial charge is 0.276 e. The molecule has 4 rings (SSSR count). The Kier molecular flexibility index (Phi) is 4.63. The summed E-state index contributed by atoms with van der Waals surface area (Å²) >= 11 is 1.72. The minimum Gasteiger partial charge on any atom is -0.355 e. The van der Waals surface area contributed by atoms with Gasteiger partial charge in [0.05, 0.1) is 0 Å². The topological polar surface area (TPSA) is 49.6 Å². The van der Waals surface area contributed by atoms with Gasteiger partial charge < -0.3 is 9.42 Å². The molecule has 1 saturated heterocycles. The van der Waals surface area contributed by atoms with Gasteiger partial charge in [-0.1, -0.05) is 35.5 Å². The maximum Gasteiger partial charge on any atom is 0.276 e. The molecule has 128 valence electrons. The lowest BCUT2D eigenvalue weighted by Crippen LogP contribution is -2.48. The van der Waals surface area contributed by atoms with Gasteiger partial charge in [0.2, 0.25) is 0 Å². The van der Waals surface area contributed by atoms with E-state index in [2.05, 4.69) is 26.9 Å². The quantitative estimate of drug-likeness (QED) is 0.722. The molecule has 6 heteroatoms. The van der Waals surface area contributed by atoms with Gasteiger partial charge >= 0.3 is 0 Å². The fourth-order valence-electron chi connectivity index (χ4n) is 3.03. The molecule has 5 nitrogen and oxygen atoms in total. The first-order valence-corrected chi connectivity index (χ1v) is 9.29. The highest BCUT2D eigenvalue weighted by atomic mass is 32.1. The van der Waals surface area contributed by atoms with Gasteiger partial charge in [-0.2, -0.15) is 11.3 Å². The van der Waals surface area contributed by atoms with Crippen LogP contribution >= 0.6 is 11.3 Å². The minimum absolute atomic E-state index is 0.0545. The lowest BCUT2D eigenvalue weighted by molar-refractivity contribution is 0.0618. The average Bonchev–Trinajstić information content (AvgIpc) is 3.34. The number of hydrogen-bond acceptors (Lipinski definition) is 5. The molecule has 0 N–H and O–H groups in total. The number of hydrogen-bond donors (Lipinski definition) is 0. The molecule has 0 unspecified atom stereocenters. The highest BCUT2D eigenvalue weighted by Crippen LogP contribution is 2.21. The molecule has 25 heavy (non-hydrogen) atoms. The van der Waals surface area contributed by atoms with Crippen molar-refractivity contribution in [1.29, 1.82) is 0 Å². The molecule has 1 aliphatic rings.